The van der Waals surface area contributed by atoms with E-state index in [0.29, 0.717) is 19.4 Å². The minimum absolute atomic E-state index is 0.0113. The molecule has 4 bridgehead atoms. The highest BCUT2D eigenvalue weighted by molar-refractivity contribution is 5.84. The molecule has 0 aliphatic heterocycles. The molecule has 0 spiro atoms. The molecule has 4 aliphatic rings. The van der Waals surface area contributed by atoms with E-state index >= 15 is 0 Å². The zero-order valence-electron chi connectivity index (χ0n) is 15.8. The van der Waals surface area contributed by atoms with Crippen LogP contribution in [0.2, 0.25) is 0 Å². The predicted octanol–water partition coefficient (Wildman–Crippen LogP) is 3.21. The van der Waals surface area contributed by atoms with Gasteiger partial charge >= 0.3 is 0 Å². The lowest BCUT2D eigenvalue weighted by Gasteiger charge is -2.56. The Balaban J connectivity index is 1.18. The molecule has 0 atom stereocenters. The summed E-state index contributed by atoms with van der Waals surface area (Å²) in [6.07, 6.45) is 8.86. The van der Waals surface area contributed by atoms with Crippen LogP contribution < -0.4 is 10.6 Å². The van der Waals surface area contributed by atoms with Crippen molar-refractivity contribution in [2.45, 2.75) is 51.4 Å². The average Bonchev–Trinajstić information content (AvgIpc) is 2.58. The quantitative estimate of drug-likeness (QED) is 0.772. The van der Waals surface area contributed by atoms with Gasteiger partial charge in [0, 0.05) is 13.0 Å². The third-order valence-electron chi connectivity index (χ3n) is 6.77. The van der Waals surface area contributed by atoms with Crippen molar-refractivity contribution in [3.05, 3.63) is 35.6 Å². The molecule has 4 aliphatic carbocycles. The van der Waals surface area contributed by atoms with Crippen LogP contribution in [0.25, 0.3) is 0 Å². The highest BCUT2D eigenvalue weighted by Gasteiger charge is 2.51. The molecular weight excluding hydrogens is 343 g/mol. The molecule has 4 saturated carbocycles. The Kier molecular flexibility index (Phi) is 5.20. The van der Waals surface area contributed by atoms with Gasteiger partial charge in [0.25, 0.3) is 0 Å². The number of hydrogen-bond donors (Lipinski definition) is 2. The largest absolute Gasteiger partial charge is 0.354 e. The van der Waals surface area contributed by atoms with Crippen molar-refractivity contribution in [1.29, 1.82) is 0 Å². The SMILES string of the molecule is O=C(CNC(=O)CC12CC3CC(CC(C3)C1)C2)NCCc1cccc(F)c1. The number of carbonyl (C=O) groups is 2. The Bertz CT molecular complexity index is 683. The fraction of sp³-hybridized carbons (Fsp3) is 0.636. The molecule has 0 radical (unpaired) electrons. The molecule has 2 N–H and O–H groups in total. The molecular formula is C22H29FN2O2. The monoisotopic (exact) mass is 372 g/mol. The van der Waals surface area contributed by atoms with E-state index in [0.717, 1.165) is 23.3 Å². The van der Waals surface area contributed by atoms with E-state index in [1.165, 1.54) is 50.7 Å². The summed E-state index contributed by atoms with van der Waals surface area (Å²) in [4.78, 5) is 24.4. The molecule has 0 saturated heterocycles. The molecule has 27 heavy (non-hydrogen) atoms. The first-order valence-electron chi connectivity index (χ1n) is 10.3. The van der Waals surface area contributed by atoms with Gasteiger partial charge in [-0.1, -0.05) is 12.1 Å². The normalized spacial score (nSPS) is 30.9. The molecule has 2 amide bonds. The van der Waals surface area contributed by atoms with E-state index in [1.54, 1.807) is 6.07 Å². The standard InChI is InChI=1S/C22H29FN2O2/c23-19-3-1-2-15(9-19)4-5-24-21(27)14-25-20(26)13-22-10-16-6-17(11-22)8-18(7-16)12-22/h1-3,9,16-18H,4-8,10-14H2,(H,24,27)(H,25,26). The van der Waals surface area contributed by atoms with Crippen molar-refractivity contribution in [2.75, 3.05) is 13.1 Å². The first-order chi connectivity index (χ1) is 13.0. The molecule has 1 aromatic carbocycles. The third kappa shape index (κ3) is 4.50. The summed E-state index contributed by atoms with van der Waals surface area (Å²) in [6.45, 7) is 0.460. The van der Waals surface area contributed by atoms with Crippen molar-refractivity contribution in [2.24, 2.45) is 23.2 Å². The van der Waals surface area contributed by atoms with Gasteiger partial charge in [-0.3, -0.25) is 9.59 Å². The van der Waals surface area contributed by atoms with Crippen LogP contribution in [-0.4, -0.2) is 24.9 Å². The van der Waals surface area contributed by atoms with Crippen molar-refractivity contribution < 1.29 is 14.0 Å². The maximum absolute atomic E-state index is 13.1. The van der Waals surface area contributed by atoms with Gasteiger partial charge in [-0.15, -0.1) is 0 Å². The summed E-state index contributed by atoms with van der Waals surface area (Å²) >= 11 is 0. The minimum Gasteiger partial charge on any atom is -0.354 e. The second-order valence-corrected chi connectivity index (χ2v) is 9.10. The van der Waals surface area contributed by atoms with Crippen molar-refractivity contribution >= 4 is 11.8 Å². The zero-order chi connectivity index (χ0) is 18.9. The molecule has 0 unspecified atom stereocenters. The van der Waals surface area contributed by atoms with E-state index in [-0.39, 0.29) is 29.6 Å². The lowest BCUT2D eigenvalue weighted by Crippen LogP contribution is -2.48. The van der Waals surface area contributed by atoms with E-state index < -0.39 is 0 Å². The second-order valence-electron chi connectivity index (χ2n) is 9.10. The van der Waals surface area contributed by atoms with E-state index in [4.69, 9.17) is 0 Å². The number of hydrogen-bond acceptors (Lipinski definition) is 2. The average molecular weight is 372 g/mol. The van der Waals surface area contributed by atoms with Crippen molar-refractivity contribution in [3.8, 4) is 0 Å². The van der Waals surface area contributed by atoms with Crippen LogP contribution in [0.3, 0.4) is 0 Å². The second kappa shape index (κ2) is 7.61. The molecule has 0 aromatic heterocycles. The maximum Gasteiger partial charge on any atom is 0.239 e. The Morgan fingerprint density at radius 3 is 2.30 bits per heavy atom. The molecule has 4 fully saturated rings. The van der Waals surface area contributed by atoms with Gasteiger partial charge in [-0.25, -0.2) is 4.39 Å². The van der Waals surface area contributed by atoms with Crippen LogP contribution in [0, 0.1) is 29.0 Å². The third-order valence-corrected chi connectivity index (χ3v) is 6.77. The van der Waals surface area contributed by atoms with Gasteiger partial charge in [-0.2, -0.15) is 0 Å². The number of amides is 2. The van der Waals surface area contributed by atoms with Gasteiger partial charge in [0.05, 0.1) is 6.54 Å². The summed E-state index contributed by atoms with van der Waals surface area (Å²) in [6, 6.07) is 6.38. The van der Waals surface area contributed by atoms with Crippen molar-refractivity contribution in [1.82, 2.24) is 10.6 Å². The summed E-state index contributed by atoms with van der Waals surface area (Å²) < 4.78 is 13.1. The molecule has 0 heterocycles. The number of carbonyl (C=O) groups excluding carboxylic acids is 2. The number of benzene rings is 1. The van der Waals surface area contributed by atoms with Crippen LogP contribution in [0.5, 0.6) is 0 Å². The highest BCUT2D eigenvalue weighted by atomic mass is 19.1. The number of rotatable bonds is 7. The fourth-order valence-corrected chi connectivity index (χ4v) is 6.19. The maximum atomic E-state index is 13.1. The van der Waals surface area contributed by atoms with Crippen LogP contribution in [-0.2, 0) is 16.0 Å². The molecule has 146 valence electrons. The Labute approximate surface area is 160 Å². The summed E-state index contributed by atoms with van der Waals surface area (Å²) in [5.41, 5.74) is 1.05. The summed E-state index contributed by atoms with van der Waals surface area (Å²) in [7, 11) is 0. The first kappa shape index (κ1) is 18.5. The van der Waals surface area contributed by atoms with E-state index in [2.05, 4.69) is 10.6 Å². The van der Waals surface area contributed by atoms with Crippen LogP contribution in [0.4, 0.5) is 4.39 Å². The first-order valence-corrected chi connectivity index (χ1v) is 10.3. The smallest absolute Gasteiger partial charge is 0.239 e. The molecule has 4 nitrogen and oxygen atoms in total. The van der Waals surface area contributed by atoms with Gasteiger partial charge in [0.1, 0.15) is 5.82 Å². The van der Waals surface area contributed by atoms with Gasteiger partial charge in [-0.05, 0) is 85.8 Å². The number of nitrogens with one attached hydrogen (secondary N) is 2. The summed E-state index contributed by atoms with van der Waals surface area (Å²) in [5, 5.41) is 5.59. The summed E-state index contributed by atoms with van der Waals surface area (Å²) in [5.74, 6) is 2.04. The van der Waals surface area contributed by atoms with Crippen LogP contribution in [0.1, 0.15) is 50.5 Å². The lowest BCUT2D eigenvalue weighted by molar-refractivity contribution is -0.131. The van der Waals surface area contributed by atoms with E-state index in [9.17, 15) is 14.0 Å². The van der Waals surface area contributed by atoms with Crippen molar-refractivity contribution in [3.63, 3.8) is 0 Å². The Morgan fingerprint density at radius 1 is 1.00 bits per heavy atom. The topological polar surface area (TPSA) is 58.2 Å². The van der Waals surface area contributed by atoms with Crippen LogP contribution in [0.15, 0.2) is 24.3 Å². The number of halogens is 1. The predicted molar refractivity (Wildman–Crippen MR) is 101 cm³/mol. The molecule has 1 aromatic rings. The molecule has 5 rings (SSSR count). The lowest BCUT2D eigenvalue weighted by atomic mass is 9.49. The fourth-order valence-electron chi connectivity index (χ4n) is 6.19. The highest BCUT2D eigenvalue weighted by Crippen LogP contribution is 2.61. The molecule has 5 heteroatoms. The van der Waals surface area contributed by atoms with Gasteiger partial charge in [0.15, 0.2) is 0 Å². The van der Waals surface area contributed by atoms with E-state index in [1.807, 2.05) is 6.07 Å². The minimum atomic E-state index is -0.268. The Morgan fingerprint density at radius 2 is 1.67 bits per heavy atom. The zero-order valence-corrected chi connectivity index (χ0v) is 15.8. The van der Waals surface area contributed by atoms with Gasteiger partial charge in [0.2, 0.25) is 11.8 Å². The van der Waals surface area contributed by atoms with Crippen LogP contribution >= 0.6 is 0 Å². The Hall–Kier alpha value is -1.91. The van der Waals surface area contributed by atoms with Gasteiger partial charge < -0.3 is 10.6 Å².